The van der Waals surface area contributed by atoms with Gasteiger partial charge in [0.05, 0.1) is 26.2 Å². The number of benzene rings is 1. The number of aliphatic imine (C=N–C) groups is 1. The number of phosphoric acid groups is 1. The van der Waals surface area contributed by atoms with Crippen molar-refractivity contribution >= 4 is 73.0 Å². The first-order chi connectivity index (χ1) is 46.2. The molecule has 1 aliphatic heterocycles. The van der Waals surface area contributed by atoms with E-state index in [0.717, 1.165) is 44.9 Å². The number of rotatable bonds is 54. The van der Waals surface area contributed by atoms with Crippen molar-refractivity contribution in [2.45, 2.75) is 282 Å². The second-order valence-corrected chi connectivity index (χ2v) is 26.3. The lowest BCUT2D eigenvalue weighted by Crippen LogP contribution is -2.58. The van der Waals surface area contributed by atoms with Crippen LogP contribution in [0, 0.1) is 0 Å². The maximum atomic E-state index is 14.1. The molecule has 1 aromatic carbocycles. The lowest BCUT2D eigenvalue weighted by Gasteiger charge is -2.26. The molecule has 1 aliphatic rings. The molecule has 2 unspecified atom stereocenters. The fraction of sp³-hybridized carbons (Fsp3) is 0.750. The second kappa shape index (κ2) is 54.3. The average Bonchev–Trinajstić information content (AvgIpc) is 1.28. The lowest BCUT2D eigenvalue weighted by atomic mass is 10.0. The lowest BCUT2D eigenvalue weighted by molar-refractivity contribution is -0.161. The molecule has 0 aromatic heterocycles. The van der Waals surface area contributed by atoms with Crippen molar-refractivity contribution in [3.8, 4) is 0 Å². The highest BCUT2D eigenvalue weighted by molar-refractivity contribution is 7.47. The van der Waals surface area contributed by atoms with E-state index in [0.29, 0.717) is 18.4 Å². The van der Waals surface area contributed by atoms with Crippen LogP contribution in [0.4, 0.5) is 0 Å². The Hall–Kier alpha value is -6.70. The van der Waals surface area contributed by atoms with Crippen molar-refractivity contribution in [3.05, 3.63) is 35.9 Å². The first kappa shape index (κ1) is 85.4. The summed E-state index contributed by atoms with van der Waals surface area (Å²) in [6, 6.07) is 2.90. The van der Waals surface area contributed by atoms with E-state index in [-0.39, 0.29) is 96.4 Å². The highest BCUT2D eigenvalue weighted by Gasteiger charge is 2.34. The first-order valence-corrected chi connectivity index (χ1v) is 37.0. The van der Waals surface area contributed by atoms with Gasteiger partial charge in [0.1, 0.15) is 30.8 Å². The predicted molar refractivity (Wildman–Crippen MR) is 365 cm³/mol. The molecule has 27 nitrogen and oxygen atoms in total. The number of hydrogen-bond acceptors (Lipinski definition) is 16. The topological polar surface area (TPSA) is 414 Å². The summed E-state index contributed by atoms with van der Waals surface area (Å²) in [4.78, 5) is 146. The molecule has 0 radical (unpaired) electrons. The number of guanidine groups is 1. The summed E-state index contributed by atoms with van der Waals surface area (Å²) >= 11 is 0. The van der Waals surface area contributed by atoms with Crippen LogP contribution in [-0.2, 0) is 77.5 Å². The zero-order chi connectivity index (χ0) is 70.4. The Morgan fingerprint density at radius 1 is 0.552 bits per heavy atom. The predicted octanol–water partition coefficient (Wildman–Crippen LogP) is 7.56. The number of unbranched alkanes of at least 4 members (excludes halogenated alkanes) is 25. The van der Waals surface area contributed by atoms with Gasteiger partial charge >= 0.3 is 25.7 Å². The van der Waals surface area contributed by atoms with Crippen LogP contribution in [0.3, 0.4) is 0 Å². The Balaban J connectivity index is 1.93. The minimum absolute atomic E-state index is 0.0186. The molecule has 0 spiro atoms. The minimum Gasteiger partial charge on any atom is -0.481 e. The molecular weight excluding hydrogens is 1260 g/mol. The molecule has 0 bridgehead atoms. The summed E-state index contributed by atoms with van der Waals surface area (Å²) in [5, 5.41) is 27.3. The molecule has 1 saturated heterocycles. The Bertz CT molecular complexity index is 2490. The van der Waals surface area contributed by atoms with Crippen molar-refractivity contribution in [1.29, 1.82) is 0 Å². The van der Waals surface area contributed by atoms with Crippen LogP contribution < -0.4 is 48.7 Å². The number of carboxylic acid groups (broad SMARTS) is 1. The molecule has 13 N–H and O–H groups in total. The van der Waals surface area contributed by atoms with E-state index in [9.17, 15) is 62.5 Å². The van der Waals surface area contributed by atoms with E-state index < -0.39 is 124 Å². The molecule has 1 aromatic rings. The number of aliphatic carboxylic acids is 1. The Kier molecular flexibility index (Phi) is 48.3. The van der Waals surface area contributed by atoms with Gasteiger partial charge in [-0.25, -0.2) is 4.57 Å². The number of hydrogen-bond donors (Lipinski definition) is 11. The van der Waals surface area contributed by atoms with Gasteiger partial charge < -0.3 is 68.2 Å². The first-order valence-electron chi connectivity index (χ1n) is 35.5. The number of nitrogens with two attached hydrogens (primary N) is 2. The normalized spacial score (nSPS) is 17.2. The number of amides is 7. The third-order valence-corrected chi connectivity index (χ3v) is 17.2. The zero-order valence-electron chi connectivity index (χ0n) is 57.5. The molecular formula is C68H117N10O17P. The fourth-order valence-corrected chi connectivity index (χ4v) is 11.5. The van der Waals surface area contributed by atoms with E-state index in [4.69, 9.17) is 30.0 Å². The van der Waals surface area contributed by atoms with Gasteiger partial charge in [-0.3, -0.25) is 62.0 Å². The van der Waals surface area contributed by atoms with Crippen molar-refractivity contribution in [3.63, 3.8) is 0 Å². The summed E-state index contributed by atoms with van der Waals surface area (Å²) in [5.41, 5.74) is 11.5. The molecule has 7 amide bonds. The molecule has 0 saturated carbocycles. The van der Waals surface area contributed by atoms with Crippen LogP contribution in [0.25, 0.3) is 0 Å². The van der Waals surface area contributed by atoms with Gasteiger partial charge in [-0.2, -0.15) is 0 Å². The summed E-state index contributed by atoms with van der Waals surface area (Å²) in [5.74, 6) is -8.11. The van der Waals surface area contributed by atoms with Crippen molar-refractivity contribution < 1.29 is 81.0 Å². The molecule has 1 heterocycles. The Morgan fingerprint density at radius 2 is 1.02 bits per heavy atom. The number of carbonyl (C=O) groups is 10. The standard InChI is InChI=1S/C68H117N10O17P/c1-3-5-7-9-11-13-15-17-19-21-23-25-30-39-62(84)92-50-53(95-63(85)40-31-26-24-22-20-18-16-14-12-10-8-6-4-2)51-94-96(90,91)93-46-45-72-59(80)42-41-58(79)71-43-33-32-37-55-65(87)76-54(38-34-44-73-68(69)70)64(86)74-49-60(81)75-57(48-61(82)83)67(89)78-56(66(88)77-55)47-52-35-28-27-29-36-52/h27-29,35-36,53-57H,3-26,30-34,37-51H2,1-2H3,(H,71,79)(H,72,80)(H,74,86)(H,75,81)(H,76,87)(H,77,88)(H,78,89)(H,82,83)(H,90,91)(H4,69,70,73)/t53-,54+,55?,56-,57+/m1/s1. The SMILES string of the molecule is CCCCCCCCCCCCCCCC(=O)OC[C@H](COP(=O)(O)OCCNC(=O)CCC(=O)NCCCCC1NC(=O)[C@@H](Cc2ccccc2)NC(=O)[C@H](CC(=O)O)NC(=O)CNC(=O)[C@H](CCCN=C(N)N)NC1=O)OC(=O)CCCCCCCCCCCCCCC. The summed E-state index contributed by atoms with van der Waals surface area (Å²) in [6.45, 7) is 2.21. The van der Waals surface area contributed by atoms with Crippen molar-refractivity contribution in [2.75, 3.05) is 46.0 Å². The maximum absolute atomic E-state index is 14.1. The van der Waals surface area contributed by atoms with Crippen molar-refractivity contribution in [1.82, 2.24) is 37.2 Å². The van der Waals surface area contributed by atoms with Crippen LogP contribution in [0.1, 0.15) is 251 Å². The van der Waals surface area contributed by atoms with Crippen LogP contribution in [-0.4, -0.2) is 151 Å². The van der Waals surface area contributed by atoms with E-state index in [1.54, 1.807) is 30.3 Å². The van der Waals surface area contributed by atoms with Gasteiger partial charge in [-0.15, -0.1) is 0 Å². The number of nitrogens with one attached hydrogen (secondary N) is 7. The molecule has 28 heteroatoms. The number of esters is 2. The Morgan fingerprint density at radius 3 is 1.55 bits per heavy atom. The smallest absolute Gasteiger partial charge is 0.472 e. The number of nitrogens with zero attached hydrogens (tertiary/aromatic N) is 1. The van der Waals surface area contributed by atoms with Gasteiger partial charge in [0, 0.05) is 51.7 Å². The third kappa shape index (κ3) is 45.7. The van der Waals surface area contributed by atoms with Crippen LogP contribution in [0.2, 0.25) is 0 Å². The molecule has 96 heavy (non-hydrogen) atoms. The van der Waals surface area contributed by atoms with Gasteiger partial charge in [0.15, 0.2) is 12.1 Å². The Labute approximate surface area is 569 Å². The van der Waals surface area contributed by atoms with Crippen LogP contribution >= 0.6 is 7.82 Å². The van der Waals surface area contributed by atoms with Gasteiger partial charge in [-0.1, -0.05) is 198 Å². The summed E-state index contributed by atoms with van der Waals surface area (Å²) in [7, 11) is -4.77. The van der Waals surface area contributed by atoms with Crippen molar-refractivity contribution in [2.24, 2.45) is 16.5 Å². The number of ether oxygens (including phenoxy) is 2. The summed E-state index contributed by atoms with van der Waals surface area (Å²) in [6.07, 6.45) is 28.2. The molecule has 2 rings (SSSR count). The van der Waals surface area contributed by atoms with E-state index in [1.807, 2.05) is 0 Å². The van der Waals surface area contributed by atoms with E-state index in [2.05, 4.69) is 56.1 Å². The summed E-state index contributed by atoms with van der Waals surface area (Å²) < 4.78 is 34.2. The van der Waals surface area contributed by atoms with Crippen LogP contribution in [0.5, 0.6) is 0 Å². The molecule has 0 aliphatic carbocycles. The highest BCUT2D eigenvalue weighted by atomic mass is 31.2. The zero-order valence-corrected chi connectivity index (χ0v) is 58.3. The monoisotopic (exact) mass is 1380 g/mol. The second-order valence-electron chi connectivity index (χ2n) is 24.8. The maximum Gasteiger partial charge on any atom is 0.472 e. The number of phosphoric ester groups is 1. The van der Waals surface area contributed by atoms with E-state index in [1.165, 1.54) is 109 Å². The van der Waals surface area contributed by atoms with Crippen LogP contribution in [0.15, 0.2) is 35.3 Å². The fourth-order valence-electron chi connectivity index (χ4n) is 10.7. The van der Waals surface area contributed by atoms with Gasteiger partial charge in [0.2, 0.25) is 41.4 Å². The van der Waals surface area contributed by atoms with Gasteiger partial charge in [-0.05, 0) is 50.5 Å². The average molecular weight is 1380 g/mol. The largest absolute Gasteiger partial charge is 0.481 e. The quantitative estimate of drug-likeness (QED) is 0.00984. The number of carboxylic acids is 1. The molecule has 1 fully saturated rings. The number of carbonyl (C=O) groups excluding carboxylic acids is 9. The van der Waals surface area contributed by atoms with E-state index >= 15 is 0 Å². The highest BCUT2D eigenvalue weighted by Crippen LogP contribution is 2.43. The molecule has 546 valence electrons. The minimum atomic E-state index is -4.77. The van der Waals surface area contributed by atoms with Gasteiger partial charge in [0.25, 0.3) is 0 Å². The molecule has 6 atom stereocenters. The third-order valence-electron chi connectivity index (χ3n) is 16.2.